The standard InChI is InChI=1S/C11H12N2O2/c12-6-8-1-2-11(10(13)5-8)15-9-3-4-14-7-9/h1-2,5,9H,3-4,7,13H2. The zero-order chi connectivity index (χ0) is 10.7. The van der Waals surface area contributed by atoms with Crippen LogP contribution in [-0.2, 0) is 4.74 Å². The highest BCUT2D eigenvalue weighted by molar-refractivity contribution is 5.56. The van der Waals surface area contributed by atoms with Gasteiger partial charge in [-0.1, -0.05) is 0 Å². The molecule has 1 atom stereocenters. The second-order valence-electron chi connectivity index (χ2n) is 3.47. The van der Waals surface area contributed by atoms with Crippen molar-refractivity contribution in [3.63, 3.8) is 0 Å². The van der Waals surface area contributed by atoms with Crippen LogP contribution in [0.1, 0.15) is 12.0 Å². The fraction of sp³-hybridized carbons (Fsp3) is 0.364. The number of benzene rings is 1. The summed E-state index contributed by atoms with van der Waals surface area (Å²) in [5.74, 6) is 0.629. The van der Waals surface area contributed by atoms with Gasteiger partial charge in [0.05, 0.1) is 30.5 Å². The third kappa shape index (κ3) is 2.20. The van der Waals surface area contributed by atoms with Gasteiger partial charge in [0.25, 0.3) is 0 Å². The van der Waals surface area contributed by atoms with Crippen molar-refractivity contribution >= 4 is 5.69 Å². The zero-order valence-electron chi connectivity index (χ0n) is 8.27. The van der Waals surface area contributed by atoms with E-state index in [4.69, 9.17) is 20.5 Å². The molecule has 4 heteroatoms. The Morgan fingerprint density at radius 3 is 3.00 bits per heavy atom. The summed E-state index contributed by atoms with van der Waals surface area (Å²) >= 11 is 0. The molecule has 0 aromatic heterocycles. The van der Waals surface area contributed by atoms with Crippen molar-refractivity contribution in [3.8, 4) is 11.8 Å². The van der Waals surface area contributed by atoms with Gasteiger partial charge in [-0.15, -0.1) is 0 Å². The van der Waals surface area contributed by atoms with Crippen LogP contribution >= 0.6 is 0 Å². The van der Waals surface area contributed by atoms with Gasteiger partial charge in [-0.3, -0.25) is 0 Å². The Hall–Kier alpha value is -1.73. The molecule has 1 unspecified atom stereocenters. The molecule has 1 aliphatic rings. The highest BCUT2D eigenvalue weighted by Gasteiger charge is 2.18. The van der Waals surface area contributed by atoms with Crippen LogP contribution in [0.5, 0.6) is 5.75 Å². The molecule has 0 saturated carbocycles. The van der Waals surface area contributed by atoms with Crippen molar-refractivity contribution in [1.29, 1.82) is 5.26 Å². The van der Waals surface area contributed by atoms with E-state index in [0.717, 1.165) is 13.0 Å². The maximum absolute atomic E-state index is 8.67. The fourth-order valence-corrected chi connectivity index (χ4v) is 1.51. The maximum atomic E-state index is 8.67. The molecule has 1 saturated heterocycles. The average molecular weight is 204 g/mol. The number of hydrogen-bond donors (Lipinski definition) is 1. The second-order valence-corrected chi connectivity index (χ2v) is 3.47. The summed E-state index contributed by atoms with van der Waals surface area (Å²) in [6.45, 7) is 1.35. The fourth-order valence-electron chi connectivity index (χ4n) is 1.51. The first-order chi connectivity index (χ1) is 7.29. The van der Waals surface area contributed by atoms with E-state index in [1.165, 1.54) is 0 Å². The molecular weight excluding hydrogens is 192 g/mol. The van der Waals surface area contributed by atoms with Crippen molar-refractivity contribution in [2.75, 3.05) is 18.9 Å². The van der Waals surface area contributed by atoms with Gasteiger partial charge < -0.3 is 15.2 Å². The van der Waals surface area contributed by atoms with Gasteiger partial charge in [0.1, 0.15) is 11.9 Å². The molecule has 15 heavy (non-hydrogen) atoms. The van der Waals surface area contributed by atoms with Gasteiger partial charge in [0, 0.05) is 6.42 Å². The number of nitriles is 1. The van der Waals surface area contributed by atoms with Crippen LogP contribution in [0.4, 0.5) is 5.69 Å². The molecule has 0 aliphatic carbocycles. The first-order valence-corrected chi connectivity index (χ1v) is 4.83. The molecule has 1 aromatic carbocycles. The summed E-state index contributed by atoms with van der Waals surface area (Å²) in [7, 11) is 0. The lowest BCUT2D eigenvalue weighted by Gasteiger charge is -2.13. The highest BCUT2D eigenvalue weighted by atomic mass is 16.5. The van der Waals surface area contributed by atoms with Crippen LogP contribution < -0.4 is 10.5 Å². The lowest BCUT2D eigenvalue weighted by Crippen LogP contribution is -2.16. The predicted octanol–water partition coefficient (Wildman–Crippen LogP) is 1.31. The number of rotatable bonds is 2. The first kappa shape index (κ1) is 9.81. The summed E-state index contributed by atoms with van der Waals surface area (Å²) in [6.07, 6.45) is 0.972. The molecule has 0 spiro atoms. The molecule has 1 aliphatic heterocycles. The zero-order valence-corrected chi connectivity index (χ0v) is 8.27. The summed E-state index contributed by atoms with van der Waals surface area (Å²) in [5, 5.41) is 8.67. The van der Waals surface area contributed by atoms with Gasteiger partial charge in [-0.05, 0) is 18.2 Å². The quantitative estimate of drug-likeness (QED) is 0.737. The summed E-state index contributed by atoms with van der Waals surface area (Å²) in [5.41, 5.74) is 6.80. The lowest BCUT2D eigenvalue weighted by atomic mass is 10.2. The van der Waals surface area contributed by atoms with E-state index in [-0.39, 0.29) is 6.10 Å². The van der Waals surface area contributed by atoms with Gasteiger partial charge in [-0.25, -0.2) is 0 Å². The van der Waals surface area contributed by atoms with Crippen molar-refractivity contribution in [2.24, 2.45) is 0 Å². The normalized spacial score (nSPS) is 19.8. The Kier molecular flexibility index (Phi) is 2.75. The molecule has 1 fully saturated rings. The number of hydrogen-bond acceptors (Lipinski definition) is 4. The van der Waals surface area contributed by atoms with E-state index in [2.05, 4.69) is 0 Å². The average Bonchev–Trinajstić information content (AvgIpc) is 2.74. The molecule has 78 valence electrons. The van der Waals surface area contributed by atoms with E-state index in [1.54, 1.807) is 18.2 Å². The maximum Gasteiger partial charge on any atom is 0.142 e. The Morgan fingerprint density at radius 1 is 1.53 bits per heavy atom. The lowest BCUT2D eigenvalue weighted by molar-refractivity contribution is 0.142. The Balaban J connectivity index is 2.11. The predicted molar refractivity (Wildman–Crippen MR) is 55.4 cm³/mol. The van der Waals surface area contributed by atoms with Crippen molar-refractivity contribution in [1.82, 2.24) is 0 Å². The van der Waals surface area contributed by atoms with Crippen molar-refractivity contribution in [2.45, 2.75) is 12.5 Å². The van der Waals surface area contributed by atoms with Crippen LogP contribution in [0.2, 0.25) is 0 Å². The molecule has 2 rings (SSSR count). The monoisotopic (exact) mass is 204 g/mol. The van der Waals surface area contributed by atoms with Gasteiger partial charge in [0.2, 0.25) is 0 Å². The first-order valence-electron chi connectivity index (χ1n) is 4.83. The van der Waals surface area contributed by atoms with E-state index in [1.807, 2.05) is 6.07 Å². The number of nitrogens with zero attached hydrogens (tertiary/aromatic N) is 1. The van der Waals surface area contributed by atoms with E-state index < -0.39 is 0 Å². The van der Waals surface area contributed by atoms with Crippen LogP contribution in [0.15, 0.2) is 18.2 Å². The van der Waals surface area contributed by atoms with Crippen molar-refractivity contribution in [3.05, 3.63) is 23.8 Å². The minimum absolute atomic E-state index is 0.0836. The third-order valence-corrected chi connectivity index (χ3v) is 2.32. The number of nitrogens with two attached hydrogens (primary N) is 1. The van der Waals surface area contributed by atoms with Crippen LogP contribution in [0, 0.1) is 11.3 Å². The molecule has 0 radical (unpaired) electrons. The molecule has 2 N–H and O–H groups in total. The second kappa shape index (κ2) is 4.20. The minimum atomic E-state index is 0.0836. The molecule has 4 nitrogen and oxygen atoms in total. The molecule has 0 bridgehead atoms. The Bertz CT molecular complexity index is 392. The molecule has 0 amide bonds. The summed E-state index contributed by atoms with van der Waals surface area (Å²) in [6, 6.07) is 7.07. The van der Waals surface area contributed by atoms with E-state index >= 15 is 0 Å². The summed E-state index contributed by atoms with van der Waals surface area (Å²) < 4.78 is 10.8. The number of anilines is 1. The molecular formula is C11H12N2O2. The third-order valence-electron chi connectivity index (χ3n) is 2.32. The Labute approximate surface area is 88.2 Å². The van der Waals surface area contributed by atoms with E-state index in [0.29, 0.717) is 23.6 Å². The van der Waals surface area contributed by atoms with Gasteiger partial charge >= 0.3 is 0 Å². The number of nitrogen functional groups attached to an aromatic ring is 1. The van der Waals surface area contributed by atoms with E-state index in [9.17, 15) is 0 Å². The topological polar surface area (TPSA) is 68.3 Å². The summed E-state index contributed by atoms with van der Waals surface area (Å²) in [4.78, 5) is 0. The highest BCUT2D eigenvalue weighted by Crippen LogP contribution is 2.25. The smallest absolute Gasteiger partial charge is 0.142 e. The van der Waals surface area contributed by atoms with Crippen molar-refractivity contribution < 1.29 is 9.47 Å². The Morgan fingerprint density at radius 2 is 2.40 bits per heavy atom. The van der Waals surface area contributed by atoms with Crippen LogP contribution in [0.25, 0.3) is 0 Å². The number of ether oxygens (including phenoxy) is 2. The van der Waals surface area contributed by atoms with Gasteiger partial charge in [0.15, 0.2) is 0 Å². The van der Waals surface area contributed by atoms with Gasteiger partial charge in [-0.2, -0.15) is 5.26 Å². The van der Waals surface area contributed by atoms with Crippen LogP contribution in [0.3, 0.4) is 0 Å². The molecule has 1 heterocycles. The molecule has 1 aromatic rings. The SMILES string of the molecule is N#Cc1ccc(OC2CCOC2)c(N)c1. The van der Waals surface area contributed by atoms with Crippen LogP contribution in [-0.4, -0.2) is 19.3 Å². The minimum Gasteiger partial charge on any atom is -0.486 e. The largest absolute Gasteiger partial charge is 0.486 e.